The van der Waals surface area contributed by atoms with Gasteiger partial charge in [0.1, 0.15) is 0 Å². The van der Waals surface area contributed by atoms with Crippen molar-refractivity contribution in [2.75, 3.05) is 17.8 Å². The van der Waals surface area contributed by atoms with E-state index in [0.717, 1.165) is 24.0 Å². The van der Waals surface area contributed by atoms with Crippen LogP contribution in [-0.4, -0.2) is 44.3 Å². The molecule has 1 fully saturated rings. The number of nitrogens with zero attached hydrogens (tertiary/aromatic N) is 1. The van der Waals surface area contributed by atoms with Crippen LogP contribution in [0.5, 0.6) is 0 Å². The lowest BCUT2D eigenvalue weighted by Crippen LogP contribution is -2.46. The first-order valence-corrected chi connectivity index (χ1v) is 12.3. The molecule has 1 atom stereocenters. The number of sulfonamides is 1. The monoisotopic (exact) mass is 457 g/mol. The zero-order chi connectivity index (χ0) is 23.5. The summed E-state index contributed by atoms with van der Waals surface area (Å²) in [6.07, 6.45) is 1.50. The second kappa shape index (κ2) is 9.73. The summed E-state index contributed by atoms with van der Waals surface area (Å²) in [7, 11) is -3.78. The summed E-state index contributed by atoms with van der Waals surface area (Å²) in [4.78, 5) is 27.3. The van der Waals surface area contributed by atoms with Crippen molar-refractivity contribution in [2.24, 2.45) is 5.92 Å². The summed E-state index contributed by atoms with van der Waals surface area (Å²) in [5.41, 5.74) is 2.60. The van der Waals surface area contributed by atoms with Gasteiger partial charge >= 0.3 is 0 Å². The summed E-state index contributed by atoms with van der Waals surface area (Å²) < 4.78 is 28.2. The lowest BCUT2D eigenvalue weighted by molar-refractivity contribution is -0.126. The van der Waals surface area contributed by atoms with Crippen LogP contribution in [0.3, 0.4) is 0 Å². The van der Waals surface area contributed by atoms with Crippen LogP contribution >= 0.6 is 0 Å². The fourth-order valence-corrected chi connectivity index (χ4v) is 4.91. The molecule has 2 aromatic rings. The van der Waals surface area contributed by atoms with Gasteiger partial charge in [-0.25, -0.2) is 8.42 Å². The summed E-state index contributed by atoms with van der Waals surface area (Å²) >= 11 is 0. The minimum atomic E-state index is -3.78. The van der Waals surface area contributed by atoms with Gasteiger partial charge < -0.3 is 10.2 Å². The molecule has 172 valence electrons. The van der Waals surface area contributed by atoms with Crippen LogP contribution < -0.4 is 10.0 Å². The van der Waals surface area contributed by atoms with Gasteiger partial charge in [0.2, 0.25) is 5.91 Å². The lowest BCUT2D eigenvalue weighted by Gasteiger charge is -2.32. The first-order chi connectivity index (χ1) is 15.1. The Kier molecular flexibility index (Phi) is 7.23. The second-order valence-electron chi connectivity index (χ2n) is 8.69. The molecule has 2 amide bonds. The Labute approximate surface area is 190 Å². The third-order valence-corrected chi connectivity index (χ3v) is 7.04. The van der Waals surface area contributed by atoms with E-state index in [9.17, 15) is 18.0 Å². The van der Waals surface area contributed by atoms with Gasteiger partial charge in [0, 0.05) is 30.4 Å². The molecular weight excluding hydrogens is 426 g/mol. The van der Waals surface area contributed by atoms with E-state index in [-0.39, 0.29) is 28.7 Å². The summed E-state index contributed by atoms with van der Waals surface area (Å²) in [6.45, 7) is 8.54. The van der Waals surface area contributed by atoms with Crippen LogP contribution in [-0.2, 0) is 14.8 Å². The number of hydrogen-bond donors (Lipinski definition) is 2. The summed E-state index contributed by atoms with van der Waals surface area (Å²) in [5.74, 6) is -0.478. The third kappa shape index (κ3) is 5.68. The van der Waals surface area contributed by atoms with Gasteiger partial charge in [0.25, 0.3) is 15.9 Å². The quantitative estimate of drug-likeness (QED) is 0.694. The number of aryl methyl sites for hydroxylation is 2. The molecule has 0 unspecified atom stereocenters. The van der Waals surface area contributed by atoms with E-state index < -0.39 is 10.0 Å². The Morgan fingerprint density at radius 2 is 1.81 bits per heavy atom. The molecule has 2 aromatic carbocycles. The van der Waals surface area contributed by atoms with Gasteiger partial charge in [-0.2, -0.15) is 0 Å². The molecule has 0 radical (unpaired) electrons. The van der Waals surface area contributed by atoms with Gasteiger partial charge in [0.15, 0.2) is 0 Å². The second-order valence-corrected chi connectivity index (χ2v) is 10.4. The molecule has 1 saturated heterocycles. The van der Waals surface area contributed by atoms with Crippen LogP contribution in [0.1, 0.15) is 48.2 Å². The first-order valence-electron chi connectivity index (χ1n) is 10.9. The van der Waals surface area contributed by atoms with Gasteiger partial charge in [-0.3, -0.25) is 14.3 Å². The molecule has 32 heavy (non-hydrogen) atoms. The number of likely N-dealkylation sites (tertiary alicyclic amines) is 1. The normalized spacial score (nSPS) is 16.7. The topological polar surface area (TPSA) is 95.6 Å². The highest BCUT2D eigenvalue weighted by Crippen LogP contribution is 2.22. The number of anilines is 1. The Hall–Kier alpha value is -2.87. The fourth-order valence-electron chi connectivity index (χ4n) is 3.77. The maximum absolute atomic E-state index is 13.1. The largest absolute Gasteiger partial charge is 0.354 e. The van der Waals surface area contributed by atoms with Crippen LogP contribution in [0.2, 0.25) is 0 Å². The van der Waals surface area contributed by atoms with E-state index in [0.29, 0.717) is 24.3 Å². The van der Waals surface area contributed by atoms with Crippen molar-refractivity contribution < 1.29 is 18.0 Å². The van der Waals surface area contributed by atoms with E-state index in [1.54, 1.807) is 47.4 Å². The Bertz CT molecular complexity index is 1110. The minimum absolute atomic E-state index is 0.0348. The zero-order valence-corrected chi connectivity index (χ0v) is 19.8. The number of piperidine rings is 1. The highest BCUT2D eigenvalue weighted by Gasteiger charge is 2.29. The predicted octanol–water partition coefficient (Wildman–Crippen LogP) is 3.48. The Balaban J connectivity index is 1.74. The predicted molar refractivity (Wildman–Crippen MR) is 125 cm³/mol. The number of nitrogens with one attached hydrogen (secondary N) is 2. The molecule has 0 aliphatic carbocycles. The zero-order valence-electron chi connectivity index (χ0n) is 19.0. The molecule has 2 N–H and O–H groups in total. The van der Waals surface area contributed by atoms with E-state index in [1.165, 1.54) is 0 Å². The number of benzene rings is 2. The van der Waals surface area contributed by atoms with Crippen molar-refractivity contribution in [2.45, 2.75) is 51.5 Å². The number of hydrogen-bond acceptors (Lipinski definition) is 4. The number of carbonyl (C=O) groups is 2. The van der Waals surface area contributed by atoms with Crippen molar-refractivity contribution in [1.29, 1.82) is 0 Å². The van der Waals surface area contributed by atoms with E-state index >= 15 is 0 Å². The smallest absolute Gasteiger partial charge is 0.261 e. The van der Waals surface area contributed by atoms with Crippen molar-refractivity contribution in [1.82, 2.24) is 10.2 Å². The van der Waals surface area contributed by atoms with Crippen molar-refractivity contribution in [3.63, 3.8) is 0 Å². The van der Waals surface area contributed by atoms with E-state index in [4.69, 9.17) is 0 Å². The number of carbonyl (C=O) groups excluding carboxylic acids is 2. The standard InChI is InChI=1S/C24H31N3O4S/c1-16(2)25-23(28)20-8-6-12-27(15-20)24(29)19-7-5-9-21(14-19)26-32(30,31)22-11-10-17(3)18(4)13-22/h5,7,9-11,13-14,16,20,26H,6,8,12,15H2,1-4H3,(H,25,28)/t20-/m1/s1. The first kappa shape index (κ1) is 23.8. The molecule has 1 aliphatic heterocycles. The molecule has 1 heterocycles. The molecule has 0 spiro atoms. The van der Waals surface area contributed by atoms with Crippen LogP contribution in [0.15, 0.2) is 47.4 Å². The average molecular weight is 458 g/mol. The van der Waals surface area contributed by atoms with Gasteiger partial charge in [-0.1, -0.05) is 12.1 Å². The highest BCUT2D eigenvalue weighted by atomic mass is 32.2. The SMILES string of the molecule is Cc1ccc(S(=O)(=O)Nc2cccc(C(=O)N3CCC[C@@H](C(=O)NC(C)C)C3)c2)cc1C. The Morgan fingerprint density at radius 3 is 2.50 bits per heavy atom. The molecule has 3 rings (SSSR count). The van der Waals surface area contributed by atoms with Gasteiger partial charge in [-0.05, 0) is 82.0 Å². The maximum atomic E-state index is 13.1. The van der Waals surface area contributed by atoms with Crippen LogP contribution in [0, 0.1) is 19.8 Å². The Morgan fingerprint density at radius 1 is 1.06 bits per heavy atom. The molecule has 0 saturated carbocycles. The fraction of sp³-hybridized carbons (Fsp3) is 0.417. The molecule has 1 aliphatic rings. The molecule has 0 aromatic heterocycles. The van der Waals surface area contributed by atoms with Crippen molar-refractivity contribution in [3.8, 4) is 0 Å². The molecular formula is C24H31N3O4S. The molecule has 7 nitrogen and oxygen atoms in total. The number of amides is 2. The summed E-state index contributed by atoms with van der Waals surface area (Å²) in [6, 6.07) is 11.5. The van der Waals surface area contributed by atoms with Crippen molar-refractivity contribution >= 4 is 27.5 Å². The number of rotatable bonds is 6. The maximum Gasteiger partial charge on any atom is 0.261 e. The molecule has 0 bridgehead atoms. The highest BCUT2D eigenvalue weighted by molar-refractivity contribution is 7.92. The van der Waals surface area contributed by atoms with E-state index in [1.807, 2.05) is 27.7 Å². The van der Waals surface area contributed by atoms with Crippen LogP contribution in [0.25, 0.3) is 0 Å². The average Bonchev–Trinajstić information content (AvgIpc) is 2.74. The van der Waals surface area contributed by atoms with E-state index in [2.05, 4.69) is 10.0 Å². The summed E-state index contributed by atoms with van der Waals surface area (Å²) in [5, 5.41) is 2.92. The lowest BCUT2D eigenvalue weighted by atomic mass is 9.96. The minimum Gasteiger partial charge on any atom is -0.354 e. The molecule has 8 heteroatoms. The van der Waals surface area contributed by atoms with Gasteiger partial charge in [0.05, 0.1) is 10.8 Å². The third-order valence-electron chi connectivity index (χ3n) is 5.66. The van der Waals surface area contributed by atoms with Gasteiger partial charge in [-0.15, -0.1) is 0 Å². The van der Waals surface area contributed by atoms with Crippen LogP contribution in [0.4, 0.5) is 5.69 Å². The van der Waals surface area contributed by atoms with Crippen molar-refractivity contribution in [3.05, 3.63) is 59.2 Å².